The van der Waals surface area contributed by atoms with Gasteiger partial charge in [0.2, 0.25) is 0 Å². The van der Waals surface area contributed by atoms with Crippen LogP contribution in [0.3, 0.4) is 0 Å². The van der Waals surface area contributed by atoms with Gasteiger partial charge in [0.15, 0.2) is 0 Å². The maximum absolute atomic E-state index is 6.11. The first-order chi connectivity index (χ1) is 8.33. The fourth-order valence-electron chi connectivity index (χ4n) is 1.88. The van der Waals surface area contributed by atoms with Gasteiger partial charge in [0.05, 0.1) is 23.4 Å². The van der Waals surface area contributed by atoms with Crippen molar-refractivity contribution >= 4 is 35.8 Å². The first-order valence-corrected chi connectivity index (χ1v) is 5.50. The number of H-pyrrole nitrogens is 2. The topological polar surface area (TPSA) is 83.4 Å². The van der Waals surface area contributed by atoms with Crippen LogP contribution < -0.4 is 5.73 Å². The number of nitrogens with two attached hydrogens (primary N) is 1. The van der Waals surface area contributed by atoms with Crippen molar-refractivity contribution in [3.63, 3.8) is 0 Å². The minimum absolute atomic E-state index is 0. The second-order valence-electron chi connectivity index (χ2n) is 4.03. The molecule has 0 aliphatic heterocycles. The zero-order chi connectivity index (χ0) is 11.7. The van der Waals surface area contributed by atoms with Crippen molar-refractivity contribution in [2.75, 3.05) is 0 Å². The summed E-state index contributed by atoms with van der Waals surface area (Å²) in [6.07, 6.45) is 4.13. The van der Waals surface area contributed by atoms with E-state index in [9.17, 15) is 0 Å². The van der Waals surface area contributed by atoms with Crippen LogP contribution in [0.2, 0.25) is 0 Å². The normalized spacial score (nSPS) is 11.6. The van der Waals surface area contributed by atoms with Crippen molar-refractivity contribution in [1.82, 2.24) is 19.9 Å². The Balaban J connectivity index is 0.000000902. The van der Waals surface area contributed by atoms with Gasteiger partial charge in [-0.3, -0.25) is 0 Å². The molecule has 1 atom stereocenters. The highest BCUT2D eigenvalue weighted by atomic mass is 35.5. The Morgan fingerprint density at radius 3 is 2.68 bits per heavy atom. The highest BCUT2D eigenvalue weighted by Gasteiger charge is 2.12. The number of rotatable bonds is 3. The third-order valence-corrected chi connectivity index (χ3v) is 2.75. The number of fused-ring (bicyclic) bond motifs is 1. The fraction of sp³-hybridized carbons (Fsp3) is 0.167. The molecule has 3 aromatic rings. The van der Waals surface area contributed by atoms with Crippen LogP contribution >= 0.6 is 24.8 Å². The molecule has 102 valence electrons. The van der Waals surface area contributed by atoms with E-state index in [1.54, 1.807) is 12.5 Å². The Morgan fingerprint density at radius 2 is 2.00 bits per heavy atom. The number of halogens is 2. The largest absolute Gasteiger partial charge is 0.348 e. The predicted octanol–water partition coefficient (Wildman–Crippen LogP) is 2.37. The van der Waals surface area contributed by atoms with Crippen LogP contribution in [0.1, 0.15) is 17.6 Å². The number of aromatic amines is 2. The number of para-hydroxylation sites is 2. The maximum Gasteiger partial charge on any atom is 0.124 e. The van der Waals surface area contributed by atoms with Crippen LogP contribution in [0.25, 0.3) is 11.0 Å². The molecule has 0 aliphatic rings. The van der Waals surface area contributed by atoms with Gasteiger partial charge in [-0.25, -0.2) is 9.97 Å². The van der Waals surface area contributed by atoms with Crippen LogP contribution in [-0.4, -0.2) is 19.9 Å². The molecule has 1 aromatic carbocycles. The quantitative estimate of drug-likeness (QED) is 0.694. The summed E-state index contributed by atoms with van der Waals surface area (Å²) in [6, 6.07) is 7.76. The molecule has 19 heavy (non-hydrogen) atoms. The lowest BCUT2D eigenvalue weighted by molar-refractivity contribution is 0.671. The zero-order valence-corrected chi connectivity index (χ0v) is 11.7. The Labute approximate surface area is 122 Å². The molecule has 0 saturated carbocycles. The fourth-order valence-corrected chi connectivity index (χ4v) is 1.88. The van der Waals surface area contributed by atoms with Gasteiger partial charge in [0, 0.05) is 18.3 Å². The average Bonchev–Trinajstić information content (AvgIpc) is 2.96. The Morgan fingerprint density at radius 1 is 1.21 bits per heavy atom. The van der Waals surface area contributed by atoms with Gasteiger partial charge in [0.1, 0.15) is 5.82 Å². The third kappa shape index (κ3) is 3.26. The highest BCUT2D eigenvalue weighted by molar-refractivity contribution is 5.85. The second-order valence-corrected chi connectivity index (χ2v) is 4.03. The van der Waals surface area contributed by atoms with Gasteiger partial charge in [0.25, 0.3) is 0 Å². The van der Waals surface area contributed by atoms with Crippen molar-refractivity contribution in [2.24, 2.45) is 5.73 Å². The summed E-state index contributed by atoms with van der Waals surface area (Å²) in [6.45, 7) is 0. The van der Waals surface area contributed by atoms with Crippen molar-refractivity contribution in [2.45, 2.75) is 12.5 Å². The number of hydrogen-bond donors (Lipinski definition) is 3. The van der Waals surface area contributed by atoms with Crippen molar-refractivity contribution < 1.29 is 0 Å². The number of imidazole rings is 2. The molecule has 2 heterocycles. The minimum atomic E-state index is -0.150. The summed E-state index contributed by atoms with van der Waals surface area (Å²) >= 11 is 0. The van der Waals surface area contributed by atoms with Crippen LogP contribution in [0.4, 0.5) is 0 Å². The lowest BCUT2D eigenvalue weighted by atomic mass is 10.2. The average molecular weight is 300 g/mol. The standard InChI is InChI=1S/C12H13N5.2ClH/c13-9(5-8-6-14-7-15-8)12-16-10-3-1-2-4-11(10)17-12;;/h1-4,6-7,9H,5,13H2,(H,14,15)(H,16,17);2*1H. The number of aromatic nitrogens is 4. The van der Waals surface area contributed by atoms with Crippen LogP contribution in [0.5, 0.6) is 0 Å². The predicted molar refractivity (Wildman–Crippen MR) is 79.8 cm³/mol. The lowest BCUT2D eigenvalue weighted by Crippen LogP contribution is -2.15. The molecular formula is C12H15Cl2N5. The molecule has 7 heteroatoms. The number of nitrogens with one attached hydrogen (secondary N) is 2. The molecule has 0 fully saturated rings. The van der Waals surface area contributed by atoms with Gasteiger partial charge in [-0.1, -0.05) is 12.1 Å². The molecular weight excluding hydrogens is 285 g/mol. The van der Waals surface area contributed by atoms with Gasteiger partial charge < -0.3 is 15.7 Å². The molecule has 1 unspecified atom stereocenters. The molecule has 0 saturated heterocycles. The molecule has 2 aromatic heterocycles. The summed E-state index contributed by atoms with van der Waals surface area (Å²) in [7, 11) is 0. The maximum atomic E-state index is 6.11. The SMILES string of the molecule is Cl.Cl.NC(Cc1cnc[nH]1)c1nc2ccccc2[nH]1. The third-order valence-electron chi connectivity index (χ3n) is 2.75. The van der Waals surface area contributed by atoms with Gasteiger partial charge >= 0.3 is 0 Å². The monoisotopic (exact) mass is 299 g/mol. The first kappa shape index (κ1) is 15.5. The molecule has 0 amide bonds. The molecule has 5 nitrogen and oxygen atoms in total. The van der Waals surface area contributed by atoms with E-state index in [0.29, 0.717) is 6.42 Å². The first-order valence-electron chi connectivity index (χ1n) is 5.50. The zero-order valence-electron chi connectivity index (χ0n) is 10.0. The van der Waals surface area contributed by atoms with E-state index in [1.165, 1.54) is 0 Å². The summed E-state index contributed by atoms with van der Waals surface area (Å²) in [5.41, 5.74) is 9.08. The Hall–Kier alpha value is -1.56. The molecule has 0 aliphatic carbocycles. The smallest absolute Gasteiger partial charge is 0.124 e. The van der Waals surface area contributed by atoms with E-state index in [1.807, 2.05) is 24.3 Å². The van der Waals surface area contributed by atoms with Crippen molar-refractivity contribution in [3.8, 4) is 0 Å². The van der Waals surface area contributed by atoms with Crippen LogP contribution in [-0.2, 0) is 6.42 Å². The summed E-state index contributed by atoms with van der Waals surface area (Å²) in [5, 5.41) is 0. The van der Waals surface area contributed by atoms with Crippen LogP contribution in [0, 0.1) is 0 Å². The number of hydrogen-bond acceptors (Lipinski definition) is 3. The minimum Gasteiger partial charge on any atom is -0.348 e. The van der Waals surface area contributed by atoms with E-state index in [2.05, 4.69) is 19.9 Å². The number of benzene rings is 1. The Bertz CT molecular complexity index is 587. The molecule has 0 spiro atoms. The van der Waals surface area contributed by atoms with Gasteiger partial charge in [-0.2, -0.15) is 0 Å². The van der Waals surface area contributed by atoms with Gasteiger partial charge in [-0.15, -0.1) is 24.8 Å². The molecule has 0 bridgehead atoms. The van der Waals surface area contributed by atoms with Gasteiger partial charge in [-0.05, 0) is 12.1 Å². The summed E-state index contributed by atoms with van der Waals surface area (Å²) in [5.74, 6) is 0.806. The lowest BCUT2D eigenvalue weighted by Gasteiger charge is -2.05. The summed E-state index contributed by atoms with van der Waals surface area (Å²) in [4.78, 5) is 14.7. The van der Waals surface area contributed by atoms with E-state index in [4.69, 9.17) is 5.73 Å². The molecule has 3 rings (SSSR count). The number of nitrogens with zero attached hydrogens (tertiary/aromatic N) is 2. The second kappa shape index (κ2) is 6.56. The van der Waals surface area contributed by atoms with E-state index < -0.39 is 0 Å². The van der Waals surface area contributed by atoms with E-state index in [0.717, 1.165) is 22.6 Å². The highest BCUT2D eigenvalue weighted by Crippen LogP contribution is 2.16. The van der Waals surface area contributed by atoms with E-state index in [-0.39, 0.29) is 30.9 Å². The molecule has 0 radical (unpaired) electrons. The Kier molecular flexibility index (Phi) is 5.35. The van der Waals surface area contributed by atoms with E-state index >= 15 is 0 Å². The van der Waals surface area contributed by atoms with Crippen LogP contribution in [0.15, 0.2) is 36.8 Å². The van der Waals surface area contributed by atoms with Crippen molar-refractivity contribution in [3.05, 3.63) is 48.3 Å². The van der Waals surface area contributed by atoms with Crippen molar-refractivity contribution in [1.29, 1.82) is 0 Å². The molecule has 4 N–H and O–H groups in total. The summed E-state index contributed by atoms with van der Waals surface area (Å²) < 4.78 is 0.